The van der Waals surface area contributed by atoms with E-state index >= 15 is 0 Å². The van der Waals surface area contributed by atoms with E-state index in [0.29, 0.717) is 0 Å². The number of rotatable bonds is 16. The first-order valence-electron chi connectivity index (χ1n) is 11.0. The fourth-order valence-electron chi connectivity index (χ4n) is 2.81. The van der Waals surface area contributed by atoms with E-state index in [9.17, 15) is 22.6 Å². The third-order valence-corrected chi connectivity index (χ3v) is 6.05. The van der Waals surface area contributed by atoms with Crippen LogP contribution in [-0.4, -0.2) is 50.4 Å². The molecule has 0 radical (unpaired) electrons. The second kappa shape index (κ2) is 21.6. The summed E-state index contributed by atoms with van der Waals surface area (Å²) in [5, 5.41) is -2.06. The summed E-state index contributed by atoms with van der Waals surface area (Å²) < 4.78 is 44.6. The number of carbonyl (C=O) groups is 2. The Morgan fingerprint density at radius 3 is 1.65 bits per heavy atom. The van der Waals surface area contributed by atoms with Crippen LogP contribution in [0.1, 0.15) is 85.5 Å². The Hall–Kier alpha value is -0.190. The van der Waals surface area contributed by atoms with Gasteiger partial charge in [-0.3, -0.25) is 9.59 Å². The Kier molecular flexibility index (Phi) is 24.7. The van der Waals surface area contributed by atoms with Crippen molar-refractivity contribution in [2.24, 2.45) is 17.6 Å². The minimum atomic E-state index is -5.01. The van der Waals surface area contributed by atoms with Gasteiger partial charge < -0.3 is 19.8 Å². The van der Waals surface area contributed by atoms with Gasteiger partial charge in [-0.2, -0.15) is 0 Å². The van der Waals surface area contributed by atoms with Crippen LogP contribution < -0.4 is 35.3 Å². The molecule has 10 heteroatoms. The number of ether oxygens (including phenoxy) is 2. The molecule has 0 rings (SSSR count). The maximum atomic E-state index is 12.1. The zero-order valence-corrected chi connectivity index (χ0v) is 23.2. The van der Waals surface area contributed by atoms with Gasteiger partial charge in [0.25, 0.3) is 0 Å². The predicted octanol–water partition coefficient (Wildman–Crippen LogP) is 0.388. The van der Waals surface area contributed by atoms with Gasteiger partial charge in [0.15, 0.2) is 5.25 Å². The maximum absolute atomic E-state index is 12.1. The largest absolute Gasteiger partial charge is 1.00 e. The summed E-state index contributed by atoms with van der Waals surface area (Å²) in [4.78, 5) is 24.1. The van der Waals surface area contributed by atoms with Crippen molar-refractivity contribution in [3.05, 3.63) is 0 Å². The molecule has 2 N–H and O–H groups in total. The minimum absolute atomic E-state index is 0. The van der Waals surface area contributed by atoms with E-state index in [1.54, 1.807) is 0 Å². The molecule has 0 amide bonds. The average Bonchev–Trinajstić information content (AvgIpc) is 2.72. The van der Waals surface area contributed by atoms with Gasteiger partial charge in [-0.05, 0) is 31.7 Å². The molecule has 3 atom stereocenters. The molecule has 0 aromatic carbocycles. The summed E-state index contributed by atoms with van der Waals surface area (Å²) in [6.45, 7) is 8.26. The van der Waals surface area contributed by atoms with Crippen molar-refractivity contribution in [2.75, 3.05) is 20.3 Å². The third kappa shape index (κ3) is 18.0. The van der Waals surface area contributed by atoms with Crippen molar-refractivity contribution in [1.82, 2.24) is 0 Å². The second-order valence-electron chi connectivity index (χ2n) is 7.33. The normalized spacial score (nSPS) is 13.6. The Morgan fingerprint density at radius 1 is 0.871 bits per heavy atom. The first-order valence-corrected chi connectivity index (χ1v) is 12.5. The van der Waals surface area contributed by atoms with Gasteiger partial charge in [-0.15, -0.1) is 0 Å². The minimum Gasteiger partial charge on any atom is -0.747 e. The third-order valence-electron chi connectivity index (χ3n) is 4.99. The summed E-state index contributed by atoms with van der Waals surface area (Å²) >= 11 is 0. The molecule has 0 bridgehead atoms. The Labute approximate surface area is 211 Å². The number of esters is 2. The van der Waals surface area contributed by atoms with Crippen molar-refractivity contribution in [3.63, 3.8) is 0 Å². The molecule has 0 fully saturated rings. The van der Waals surface area contributed by atoms with Gasteiger partial charge in [0.05, 0.1) is 19.6 Å². The molecular formula is C21H42NNaO7S. The molecule has 0 aliphatic heterocycles. The van der Waals surface area contributed by atoms with E-state index in [-0.39, 0.29) is 54.6 Å². The molecule has 0 aromatic heterocycles. The summed E-state index contributed by atoms with van der Waals surface area (Å²) in [6.07, 6.45) is 6.58. The Balaban J connectivity index is -0.00000253. The Bertz CT molecular complexity index is 558. The standard InChI is InChI=1S/C20H38O7S.CH5N.Na/c1-5-9-11-16(7-3)14-26-19(21)13-18(28(23,24)25)20(22)27-15-17(8-4)12-10-6-2;1-2;/h16-18H,5-15H2,1-4H3,(H,23,24,25);2H2,1H3;/q;;+1/p-1. The molecule has 0 heterocycles. The maximum Gasteiger partial charge on any atom is 1.00 e. The average molecular weight is 476 g/mol. The van der Waals surface area contributed by atoms with Crippen LogP contribution in [-0.2, 0) is 29.2 Å². The summed E-state index contributed by atoms with van der Waals surface area (Å²) in [5.41, 5.74) is 4.50. The molecular weight excluding hydrogens is 433 g/mol. The van der Waals surface area contributed by atoms with E-state index < -0.39 is 33.7 Å². The number of hydrogen-bond acceptors (Lipinski definition) is 8. The van der Waals surface area contributed by atoms with Gasteiger partial charge in [0, 0.05) is 0 Å². The first-order chi connectivity index (χ1) is 14.2. The van der Waals surface area contributed by atoms with Gasteiger partial charge in [0.2, 0.25) is 0 Å². The molecule has 0 saturated heterocycles. The molecule has 180 valence electrons. The second-order valence-corrected chi connectivity index (χ2v) is 8.89. The van der Waals surface area contributed by atoms with Crippen molar-refractivity contribution in [2.45, 2.75) is 90.7 Å². The van der Waals surface area contributed by atoms with Gasteiger partial charge in [-0.25, -0.2) is 8.42 Å². The van der Waals surface area contributed by atoms with E-state index in [1.807, 2.05) is 13.8 Å². The number of hydrogen-bond donors (Lipinski definition) is 1. The summed E-state index contributed by atoms with van der Waals surface area (Å²) in [6, 6.07) is 0. The van der Waals surface area contributed by atoms with Crippen molar-refractivity contribution in [1.29, 1.82) is 0 Å². The first kappa shape index (κ1) is 35.4. The van der Waals surface area contributed by atoms with Crippen LogP contribution in [0, 0.1) is 11.8 Å². The van der Waals surface area contributed by atoms with E-state index in [2.05, 4.69) is 19.6 Å². The molecule has 0 aliphatic rings. The van der Waals surface area contributed by atoms with Crippen LogP contribution in [0.2, 0.25) is 0 Å². The molecule has 0 saturated carbocycles. The topological polar surface area (TPSA) is 136 Å². The van der Waals surface area contributed by atoms with Crippen LogP contribution in [0.4, 0.5) is 0 Å². The Morgan fingerprint density at radius 2 is 1.29 bits per heavy atom. The van der Waals surface area contributed by atoms with Crippen LogP contribution in [0.5, 0.6) is 0 Å². The number of unbranched alkanes of at least 4 members (excludes halogenated alkanes) is 2. The molecule has 0 spiro atoms. The zero-order chi connectivity index (χ0) is 23.6. The van der Waals surface area contributed by atoms with Crippen LogP contribution in [0.25, 0.3) is 0 Å². The zero-order valence-electron chi connectivity index (χ0n) is 20.4. The fraction of sp³-hybridized carbons (Fsp3) is 0.905. The van der Waals surface area contributed by atoms with E-state index in [1.165, 1.54) is 7.05 Å². The molecule has 8 nitrogen and oxygen atoms in total. The van der Waals surface area contributed by atoms with Gasteiger partial charge in [-0.1, -0.05) is 66.2 Å². The quantitative estimate of drug-likeness (QED) is 0.192. The van der Waals surface area contributed by atoms with Crippen LogP contribution in [0.3, 0.4) is 0 Å². The number of nitrogens with two attached hydrogens (primary N) is 1. The summed E-state index contributed by atoms with van der Waals surface area (Å²) in [5.74, 6) is -1.74. The van der Waals surface area contributed by atoms with E-state index in [0.717, 1.165) is 51.4 Å². The predicted molar refractivity (Wildman–Crippen MR) is 117 cm³/mol. The van der Waals surface area contributed by atoms with E-state index in [4.69, 9.17) is 9.47 Å². The molecule has 3 unspecified atom stereocenters. The molecule has 0 aliphatic carbocycles. The van der Waals surface area contributed by atoms with Crippen molar-refractivity contribution < 1.29 is 61.6 Å². The SMILES string of the molecule is CCCCC(CC)COC(=O)CC(C(=O)OCC(CC)CCCC)S(=O)(=O)[O-].CN.[Na+]. The fourth-order valence-corrected chi connectivity index (χ4v) is 3.46. The van der Waals surface area contributed by atoms with Crippen LogP contribution in [0.15, 0.2) is 0 Å². The molecule has 31 heavy (non-hydrogen) atoms. The summed E-state index contributed by atoms with van der Waals surface area (Å²) in [7, 11) is -3.51. The monoisotopic (exact) mass is 475 g/mol. The molecule has 0 aromatic rings. The van der Waals surface area contributed by atoms with Gasteiger partial charge in [0.1, 0.15) is 10.1 Å². The van der Waals surface area contributed by atoms with Crippen molar-refractivity contribution in [3.8, 4) is 0 Å². The van der Waals surface area contributed by atoms with Gasteiger partial charge >= 0.3 is 41.5 Å². The number of carbonyl (C=O) groups excluding carboxylic acids is 2. The van der Waals surface area contributed by atoms with Crippen LogP contribution >= 0.6 is 0 Å². The smallest absolute Gasteiger partial charge is 0.747 e. The van der Waals surface area contributed by atoms with Crippen molar-refractivity contribution >= 4 is 22.1 Å².